The number of rotatable bonds is 7. The number of halogens is 1. The van der Waals surface area contributed by atoms with Crippen LogP contribution in [-0.4, -0.2) is 31.0 Å². The predicted octanol–water partition coefficient (Wildman–Crippen LogP) is 5.06. The highest BCUT2D eigenvalue weighted by Crippen LogP contribution is 2.27. The number of pyridine rings is 1. The Balaban J connectivity index is 1.62. The molecule has 0 unspecified atom stereocenters. The van der Waals surface area contributed by atoms with Gasteiger partial charge in [-0.05, 0) is 18.2 Å². The number of thiophene rings is 1. The standard InChI is InChI=1S/C23H22ClN5O3S2/c1-23(2,3)22(32)29-20(26-10-15-4-5-19(24)34-15)9-16(27-29)14-6-7-28(21(31)8-14)12-17(30)18-11-25-13-33-18/h4-9,11,13,26H,10,12H2,1-3H3. The van der Waals surface area contributed by atoms with Crippen LogP contribution in [0.15, 0.2) is 53.0 Å². The van der Waals surface area contributed by atoms with Crippen molar-refractivity contribution in [3.63, 3.8) is 0 Å². The molecule has 0 fully saturated rings. The lowest BCUT2D eigenvalue weighted by Crippen LogP contribution is -2.28. The molecule has 0 spiro atoms. The van der Waals surface area contributed by atoms with E-state index >= 15 is 0 Å². The second-order valence-corrected chi connectivity index (χ2v) is 11.3. The summed E-state index contributed by atoms with van der Waals surface area (Å²) in [5.41, 5.74) is 1.60. The number of carbonyl (C=O) groups is 2. The van der Waals surface area contributed by atoms with Crippen molar-refractivity contribution < 1.29 is 9.59 Å². The first-order valence-corrected chi connectivity index (χ1v) is 12.4. The Hall–Kier alpha value is -3.08. The van der Waals surface area contributed by atoms with Crippen LogP contribution in [0.2, 0.25) is 4.34 Å². The minimum atomic E-state index is -0.660. The number of nitrogens with one attached hydrogen (secondary N) is 1. The van der Waals surface area contributed by atoms with Crippen molar-refractivity contribution in [3.05, 3.63) is 72.7 Å². The van der Waals surface area contributed by atoms with Crippen LogP contribution < -0.4 is 10.9 Å². The fraction of sp³-hybridized carbons (Fsp3) is 0.261. The van der Waals surface area contributed by atoms with E-state index < -0.39 is 5.41 Å². The molecule has 34 heavy (non-hydrogen) atoms. The quantitative estimate of drug-likeness (QED) is 0.345. The number of hydrogen-bond acceptors (Lipinski definition) is 8. The van der Waals surface area contributed by atoms with Gasteiger partial charge in [-0.15, -0.1) is 22.7 Å². The Labute approximate surface area is 208 Å². The molecule has 0 bridgehead atoms. The van der Waals surface area contributed by atoms with Crippen LogP contribution in [0, 0.1) is 5.41 Å². The lowest BCUT2D eigenvalue weighted by Gasteiger charge is -2.18. The third-order valence-corrected chi connectivity index (χ3v) is 6.97. The van der Waals surface area contributed by atoms with E-state index in [4.69, 9.17) is 11.6 Å². The lowest BCUT2D eigenvalue weighted by atomic mass is 9.96. The molecule has 0 atom stereocenters. The van der Waals surface area contributed by atoms with E-state index in [0.29, 0.717) is 32.8 Å². The second kappa shape index (κ2) is 9.65. The zero-order valence-electron chi connectivity index (χ0n) is 18.7. The molecule has 8 nitrogen and oxygen atoms in total. The molecule has 0 saturated carbocycles. The summed E-state index contributed by atoms with van der Waals surface area (Å²) in [5.74, 6) is 0.149. The van der Waals surface area contributed by atoms with Gasteiger partial charge in [0.25, 0.3) is 11.5 Å². The first-order valence-electron chi connectivity index (χ1n) is 10.4. The number of hydrogen-bond donors (Lipinski definition) is 1. The molecule has 4 aromatic heterocycles. The number of carbonyl (C=O) groups excluding carboxylic acids is 2. The molecule has 0 aromatic carbocycles. The monoisotopic (exact) mass is 515 g/mol. The van der Waals surface area contributed by atoms with Crippen LogP contribution in [0.25, 0.3) is 11.3 Å². The van der Waals surface area contributed by atoms with Gasteiger partial charge in [0.05, 0.1) is 33.5 Å². The smallest absolute Gasteiger partial charge is 0.254 e. The zero-order valence-corrected chi connectivity index (χ0v) is 21.1. The summed E-state index contributed by atoms with van der Waals surface area (Å²) in [6.45, 7) is 5.86. The minimum Gasteiger partial charge on any atom is -0.365 e. The third kappa shape index (κ3) is 5.35. The lowest BCUT2D eigenvalue weighted by molar-refractivity contribution is 0.0752. The van der Waals surface area contributed by atoms with Crippen molar-refractivity contribution in [3.8, 4) is 11.3 Å². The Morgan fingerprint density at radius 2 is 1.97 bits per heavy atom. The van der Waals surface area contributed by atoms with E-state index in [1.165, 1.54) is 44.2 Å². The SMILES string of the molecule is CC(C)(C)C(=O)n1nc(-c2ccn(CC(=O)c3cncs3)c(=O)c2)cc1NCc1ccc(Cl)s1. The molecule has 0 amide bonds. The molecule has 1 N–H and O–H groups in total. The number of anilines is 1. The van der Waals surface area contributed by atoms with Crippen molar-refractivity contribution in [1.29, 1.82) is 0 Å². The maximum atomic E-state index is 13.0. The number of nitrogens with zero attached hydrogens (tertiary/aromatic N) is 4. The Kier molecular flexibility index (Phi) is 6.83. The van der Waals surface area contributed by atoms with Crippen LogP contribution in [0.4, 0.5) is 5.82 Å². The molecule has 11 heteroatoms. The van der Waals surface area contributed by atoms with E-state index in [2.05, 4.69) is 15.4 Å². The molecule has 4 rings (SSSR count). The van der Waals surface area contributed by atoms with Crippen LogP contribution in [0.3, 0.4) is 0 Å². The molecule has 0 aliphatic carbocycles. The van der Waals surface area contributed by atoms with Crippen molar-refractivity contribution in [2.45, 2.75) is 33.9 Å². The summed E-state index contributed by atoms with van der Waals surface area (Å²) < 4.78 is 3.36. The molecule has 4 heterocycles. The van der Waals surface area contributed by atoms with E-state index in [-0.39, 0.29) is 23.8 Å². The summed E-state index contributed by atoms with van der Waals surface area (Å²) in [4.78, 5) is 43.5. The van der Waals surface area contributed by atoms with Crippen molar-refractivity contribution in [1.82, 2.24) is 19.3 Å². The van der Waals surface area contributed by atoms with Gasteiger partial charge in [0.1, 0.15) is 5.82 Å². The predicted molar refractivity (Wildman–Crippen MR) is 135 cm³/mol. The van der Waals surface area contributed by atoms with E-state index in [0.717, 1.165) is 4.88 Å². The fourth-order valence-corrected chi connectivity index (χ4v) is 4.71. The summed E-state index contributed by atoms with van der Waals surface area (Å²) in [6, 6.07) is 8.59. The maximum Gasteiger partial charge on any atom is 0.254 e. The Bertz CT molecular complexity index is 1400. The fourth-order valence-electron chi connectivity index (χ4n) is 3.13. The van der Waals surface area contributed by atoms with Gasteiger partial charge >= 0.3 is 0 Å². The third-order valence-electron chi connectivity index (χ3n) is 4.93. The highest BCUT2D eigenvalue weighted by molar-refractivity contribution is 7.16. The van der Waals surface area contributed by atoms with Gasteiger partial charge in [-0.1, -0.05) is 32.4 Å². The van der Waals surface area contributed by atoms with Gasteiger partial charge in [-0.25, -0.2) is 0 Å². The number of thiazole rings is 1. The number of aromatic nitrogens is 4. The van der Waals surface area contributed by atoms with Gasteiger partial charge in [0.15, 0.2) is 5.78 Å². The van der Waals surface area contributed by atoms with Crippen LogP contribution in [-0.2, 0) is 13.1 Å². The van der Waals surface area contributed by atoms with Crippen molar-refractivity contribution >= 4 is 51.8 Å². The highest BCUT2D eigenvalue weighted by atomic mass is 35.5. The topological polar surface area (TPSA) is 98.9 Å². The molecule has 0 radical (unpaired) electrons. The molecule has 4 aromatic rings. The van der Waals surface area contributed by atoms with Gasteiger partial charge in [0.2, 0.25) is 0 Å². The summed E-state index contributed by atoms with van der Waals surface area (Å²) >= 11 is 8.71. The molecule has 0 saturated heterocycles. The van der Waals surface area contributed by atoms with E-state index in [1.54, 1.807) is 23.8 Å². The number of Topliss-reactive ketones (excluding diaryl/α,β-unsaturated/α-hetero) is 1. The Morgan fingerprint density at radius 1 is 1.18 bits per heavy atom. The normalized spacial score (nSPS) is 11.5. The van der Waals surface area contributed by atoms with Gasteiger partial charge in [0, 0.05) is 40.4 Å². The van der Waals surface area contributed by atoms with E-state index in [1.807, 2.05) is 32.9 Å². The van der Waals surface area contributed by atoms with E-state index in [9.17, 15) is 14.4 Å². The first-order chi connectivity index (χ1) is 16.1. The van der Waals surface area contributed by atoms with Crippen molar-refractivity contribution in [2.24, 2.45) is 5.41 Å². The number of ketones is 1. The average Bonchev–Trinajstić information content (AvgIpc) is 3.53. The maximum absolute atomic E-state index is 13.0. The van der Waals surface area contributed by atoms with Crippen molar-refractivity contribution in [2.75, 3.05) is 5.32 Å². The summed E-state index contributed by atoms with van der Waals surface area (Å²) in [7, 11) is 0. The molecular weight excluding hydrogens is 494 g/mol. The second-order valence-electron chi connectivity index (χ2n) is 8.61. The van der Waals surface area contributed by atoms with Crippen LogP contribution in [0.5, 0.6) is 0 Å². The van der Waals surface area contributed by atoms with Crippen LogP contribution in [0.1, 0.15) is 40.1 Å². The first kappa shape index (κ1) is 24.1. The molecular formula is C23H22ClN5O3S2. The van der Waals surface area contributed by atoms with Gasteiger partial charge in [-0.2, -0.15) is 9.78 Å². The average molecular weight is 516 g/mol. The largest absolute Gasteiger partial charge is 0.365 e. The zero-order chi connectivity index (χ0) is 24.5. The molecule has 0 aliphatic heterocycles. The molecule has 0 aliphatic rings. The minimum absolute atomic E-state index is 0.0750. The summed E-state index contributed by atoms with van der Waals surface area (Å²) in [5, 5.41) is 7.75. The van der Waals surface area contributed by atoms with Crippen LogP contribution >= 0.6 is 34.3 Å². The highest BCUT2D eigenvalue weighted by Gasteiger charge is 2.27. The Morgan fingerprint density at radius 3 is 2.59 bits per heavy atom. The summed E-state index contributed by atoms with van der Waals surface area (Å²) in [6.07, 6.45) is 3.05. The molecule has 176 valence electrons. The van der Waals surface area contributed by atoms with Gasteiger partial charge < -0.3 is 9.88 Å². The van der Waals surface area contributed by atoms with Gasteiger partial charge in [-0.3, -0.25) is 19.4 Å².